The zero-order valence-electron chi connectivity index (χ0n) is 7.05. The maximum Gasteiger partial charge on any atom is 0.140 e. The number of hydrogen-bond acceptors (Lipinski definition) is 3. The van der Waals surface area contributed by atoms with Crippen LogP contribution in [0.5, 0.6) is 0 Å². The van der Waals surface area contributed by atoms with Gasteiger partial charge < -0.3 is 4.79 Å². The van der Waals surface area contributed by atoms with Gasteiger partial charge in [-0.2, -0.15) is 0 Å². The first kappa shape index (κ1) is 9.98. The van der Waals surface area contributed by atoms with Crippen LogP contribution in [0.1, 0.15) is 20.8 Å². The standard InChI is InChI=1S/C7H15NOS/c1-5-8(10-4)7(2,3)6-9/h6H,5H2,1-4H3. The Morgan fingerprint density at radius 3 is 2.20 bits per heavy atom. The van der Waals surface area contributed by atoms with E-state index in [0.717, 1.165) is 12.8 Å². The predicted molar refractivity (Wildman–Crippen MR) is 46.0 cm³/mol. The van der Waals surface area contributed by atoms with Crippen molar-refractivity contribution in [1.82, 2.24) is 4.31 Å². The zero-order chi connectivity index (χ0) is 8.20. The molecule has 0 rings (SSSR count). The summed E-state index contributed by atoms with van der Waals surface area (Å²) in [4.78, 5) is 10.5. The minimum absolute atomic E-state index is 0.325. The summed E-state index contributed by atoms with van der Waals surface area (Å²) < 4.78 is 2.04. The van der Waals surface area contributed by atoms with Gasteiger partial charge in [-0.05, 0) is 20.1 Å². The maximum atomic E-state index is 10.5. The largest absolute Gasteiger partial charge is 0.301 e. The van der Waals surface area contributed by atoms with E-state index < -0.39 is 0 Å². The molecule has 2 nitrogen and oxygen atoms in total. The zero-order valence-corrected chi connectivity index (χ0v) is 7.86. The summed E-state index contributed by atoms with van der Waals surface area (Å²) in [5.74, 6) is 0. The third-order valence-electron chi connectivity index (χ3n) is 1.44. The van der Waals surface area contributed by atoms with Crippen molar-refractivity contribution in [3.05, 3.63) is 0 Å². The summed E-state index contributed by atoms with van der Waals surface area (Å²) in [7, 11) is 0. The second-order valence-electron chi connectivity index (χ2n) is 2.65. The van der Waals surface area contributed by atoms with Gasteiger partial charge in [0.05, 0.1) is 5.54 Å². The molecule has 0 amide bonds. The molecule has 0 spiro atoms. The number of carbonyl (C=O) groups excluding carboxylic acids is 1. The fourth-order valence-corrected chi connectivity index (χ4v) is 1.60. The Morgan fingerprint density at radius 2 is 2.10 bits per heavy atom. The summed E-state index contributed by atoms with van der Waals surface area (Å²) in [5.41, 5.74) is -0.325. The third-order valence-corrected chi connectivity index (χ3v) is 2.61. The molecule has 0 aliphatic carbocycles. The lowest BCUT2D eigenvalue weighted by molar-refractivity contribution is -0.114. The minimum Gasteiger partial charge on any atom is -0.301 e. The number of aldehydes is 1. The van der Waals surface area contributed by atoms with Gasteiger partial charge >= 0.3 is 0 Å². The molecule has 0 aromatic carbocycles. The molecule has 0 unspecified atom stereocenters. The number of nitrogens with zero attached hydrogens (tertiary/aromatic N) is 1. The molecule has 0 bridgehead atoms. The van der Waals surface area contributed by atoms with E-state index in [2.05, 4.69) is 0 Å². The molecule has 60 valence electrons. The monoisotopic (exact) mass is 161 g/mol. The van der Waals surface area contributed by atoms with Crippen LogP contribution in [0, 0.1) is 0 Å². The van der Waals surface area contributed by atoms with Gasteiger partial charge in [0.2, 0.25) is 0 Å². The van der Waals surface area contributed by atoms with E-state index in [1.165, 1.54) is 0 Å². The Labute approximate surface area is 67.1 Å². The van der Waals surface area contributed by atoms with E-state index in [9.17, 15) is 4.79 Å². The molecule has 0 aromatic rings. The van der Waals surface area contributed by atoms with Crippen LogP contribution in [-0.4, -0.2) is 28.9 Å². The molecule has 0 saturated heterocycles. The normalized spacial score (nSPS) is 12.1. The van der Waals surface area contributed by atoms with E-state index in [4.69, 9.17) is 0 Å². The van der Waals surface area contributed by atoms with Crippen molar-refractivity contribution in [2.24, 2.45) is 0 Å². The topological polar surface area (TPSA) is 20.3 Å². The van der Waals surface area contributed by atoms with Gasteiger partial charge in [-0.15, -0.1) is 0 Å². The second kappa shape index (κ2) is 3.98. The summed E-state index contributed by atoms with van der Waals surface area (Å²) in [6.45, 7) is 6.77. The van der Waals surface area contributed by atoms with Gasteiger partial charge in [-0.25, -0.2) is 4.31 Å². The lowest BCUT2D eigenvalue weighted by Gasteiger charge is -2.30. The van der Waals surface area contributed by atoms with E-state index >= 15 is 0 Å². The molecule has 0 aliphatic heterocycles. The summed E-state index contributed by atoms with van der Waals surface area (Å²) in [6.07, 6.45) is 2.96. The van der Waals surface area contributed by atoms with Crippen molar-refractivity contribution in [3.63, 3.8) is 0 Å². The number of likely N-dealkylation sites (N-methyl/N-ethyl adjacent to an activating group) is 1. The molecule has 0 atom stereocenters. The van der Waals surface area contributed by atoms with Gasteiger partial charge in [-0.1, -0.05) is 18.9 Å². The smallest absolute Gasteiger partial charge is 0.140 e. The lowest BCUT2D eigenvalue weighted by atomic mass is 10.1. The Kier molecular flexibility index (Phi) is 3.98. The third kappa shape index (κ3) is 2.31. The van der Waals surface area contributed by atoms with Crippen LogP contribution in [0.15, 0.2) is 0 Å². The van der Waals surface area contributed by atoms with Crippen molar-refractivity contribution in [2.75, 3.05) is 12.8 Å². The molecule has 3 heteroatoms. The first-order valence-electron chi connectivity index (χ1n) is 3.36. The second-order valence-corrected chi connectivity index (χ2v) is 3.45. The molecule has 0 radical (unpaired) electrons. The quantitative estimate of drug-likeness (QED) is 0.461. The Hall–Kier alpha value is -0.0200. The average molecular weight is 161 g/mol. The highest BCUT2D eigenvalue weighted by Gasteiger charge is 2.23. The molecule has 0 fully saturated rings. The van der Waals surface area contributed by atoms with Crippen molar-refractivity contribution in [1.29, 1.82) is 0 Å². The van der Waals surface area contributed by atoms with Crippen LogP contribution in [0.25, 0.3) is 0 Å². The molecule has 0 aliphatic rings. The number of rotatable bonds is 4. The van der Waals surface area contributed by atoms with Crippen molar-refractivity contribution >= 4 is 18.2 Å². The minimum atomic E-state index is -0.325. The molecule has 0 heterocycles. The van der Waals surface area contributed by atoms with Gasteiger partial charge in [0, 0.05) is 6.54 Å². The van der Waals surface area contributed by atoms with Gasteiger partial charge in [0.25, 0.3) is 0 Å². The molecule has 0 saturated carbocycles. The predicted octanol–water partition coefficient (Wildman–Crippen LogP) is 1.56. The number of carbonyl (C=O) groups is 1. The highest BCUT2D eigenvalue weighted by molar-refractivity contribution is 7.96. The van der Waals surface area contributed by atoms with E-state index in [-0.39, 0.29) is 5.54 Å². The van der Waals surface area contributed by atoms with Gasteiger partial charge in [0.1, 0.15) is 6.29 Å². The van der Waals surface area contributed by atoms with Crippen molar-refractivity contribution in [2.45, 2.75) is 26.3 Å². The lowest BCUT2D eigenvalue weighted by Crippen LogP contribution is -2.40. The molecule has 10 heavy (non-hydrogen) atoms. The molecular weight excluding hydrogens is 146 g/mol. The SMILES string of the molecule is CCN(SC)C(C)(C)C=O. The van der Waals surface area contributed by atoms with Crippen molar-refractivity contribution in [3.8, 4) is 0 Å². The fraction of sp³-hybridized carbons (Fsp3) is 0.857. The Bertz CT molecular complexity index is 110. The fourth-order valence-electron chi connectivity index (χ4n) is 0.831. The molecule has 0 aromatic heterocycles. The Balaban J connectivity index is 4.10. The first-order valence-corrected chi connectivity index (χ1v) is 4.54. The maximum absolute atomic E-state index is 10.5. The van der Waals surface area contributed by atoms with Gasteiger partial charge in [-0.3, -0.25) is 0 Å². The summed E-state index contributed by atoms with van der Waals surface area (Å²) in [5, 5.41) is 0. The van der Waals surface area contributed by atoms with E-state index in [1.54, 1.807) is 11.9 Å². The average Bonchev–Trinajstić information content (AvgIpc) is 1.90. The molecular formula is C7H15NOS. The van der Waals surface area contributed by atoms with Gasteiger partial charge in [0.15, 0.2) is 0 Å². The van der Waals surface area contributed by atoms with Crippen LogP contribution in [-0.2, 0) is 4.79 Å². The summed E-state index contributed by atoms with van der Waals surface area (Å²) >= 11 is 1.60. The van der Waals surface area contributed by atoms with Crippen LogP contribution in [0.3, 0.4) is 0 Å². The highest BCUT2D eigenvalue weighted by atomic mass is 32.2. The van der Waals surface area contributed by atoms with Crippen molar-refractivity contribution < 1.29 is 4.79 Å². The van der Waals surface area contributed by atoms with Crippen LogP contribution < -0.4 is 0 Å². The Morgan fingerprint density at radius 1 is 1.60 bits per heavy atom. The van der Waals surface area contributed by atoms with Crippen LogP contribution >= 0.6 is 11.9 Å². The van der Waals surface area contributed by atoms with Crippen LogP contribution in [0.4, 0.5) is 0 Å². The molecule has 0 N–H and O–H groups in total. The first-order chi connectivity index (χ1) is 4.58. The summed E-state index contributed by atoms with van der Waals surface area (Å²) in [6, 6.07) is 0. The number of hydrogen-bond donors (Lipinski definition) is 0. The van der Waals surface area contributed by atoms with Crippen LogP contribution in [0.2, 0.25) is 0 Å². The highest BCUT2D eigenvalue weighted by Crippen LogP contribution is 2.18. The van der Waals surface area contributed by atoms with E-state index in [0.29, 0.717) is 0 Å². The van der Waals surface area contributed by atoms with E-state index in [1.807, 2.05) is 31.3 Å².